The van der Waals surface area contributed by atoms with E-state index in [1.54, 1.807) is 36.5 Å². The van der Waals surface area contributed by atoms with E-state index in [2.05, 4.69) is 49.6 Å². The fourth-order valence-corrected chi connectivity index (χ4v) is 10.1. The van der Waals surface area contributed by atoms with E-state index < -0.39 is 59.6 Å². The van der Waals surface area contributed by atoms with Crippen molar-refractivity contribution in [2.24, 2.45) is 23.5 Å². The van der Waals surface area contributed by atoms with E-state index in [0.29, 0.717) is 53.9 Å². The number of hydrogen-bond donors (Lipinski definition) is 4. The molecule has 1 unspecified atom stereocenters. The lowest BCUT2D eigenvalue weighted by atomic mass is 9.82. The molecule has 1 aromatic heterocycles. The van der Waals surface area contributed by atoms with Gasteiger partial charge in [-0.15, -0.1) is 0 Å². The molecule has 4 fully saturated rings. The Balaban J connectivity index is 0.797. The average molecular weight is 923 g/mol. The number of carbonyl (C=O) groups is 6. The second kappa shape index (κ2) is 20.8. The van der Waals surface area contributed by atoms with Gasteiger partial charge >= 0.3 is 0 Å². The molecule has 5 N–H and O–H groups in total. The van der Waals surface area contributed by atoms with Crippen LogP contribution in [0, 0.1) is 29.6 Å². The summed E-state index contributed by atoms with van der Waals surface area (Å²) in [6, 6.07) is 6.83. The zero-order valence-corrected chi connectivity index (χ0v) is 38.2. The second-order valence-corrected chi connectivity index (χ2v) is 18.3. The number of aromatic nitrogens is 1. The minimum Gasteiger partial charge on any atom is -0.496 e. The van der Waals surface area contributed by atoms with Gasteiger partial charge in [-0.05, 0) is 82.2 Å². The first-order valence-electron chi connectivity index (χ1n) is 23.3. The van der Waals surface area contributed by atoms with Gasteiger partial charge in [-0.1, -0.05) is 24.8 Å². The van der Waals surface area contributed by atoms with Crippen molar-refractivity contribution in [1.82, 2.24) is 30.3 Å². The molecular formula is C49H59FN8O9. The molecule has 4 aliphatic heterocycles. The first-order chi connectivity index (χ1) is 32.3. The molecule has 356 valence electrons. The van der Waals surface area contributed by atoms with Gasteiger partial charge in [0.1, 0.15) is 18.4 Å². The lowest BCUT2D eigenvalue weighted by molar-refractivity contribution is -0.136. The van der Waals surface area contributed by atoms with Crippen molar-refractivity contribution in [3.8, 4) is 23.5 Å². The maximum Gasteiger partial charge on any atom is 0.264 e. The topological polar surface area (TPSA) is 215 Å². The summed E-state index contributed by atoms with van der Waals surface area (Å²) in [5.74, 6) is 4.16. The lowest BCUT2D eigenvalue weighted by Gasteiger charge is -2.35. The number of imide groups is 2. The van der Waals surface area contributed by atoms with Gasteiger partial charge in [-0.3, -0.25) is 43.9 Å². The number of rotatable bonds is 16. The molecule has 0 radical (unpaired) electrons. The maximum atomic E-state index is 14.5. The number of amides is 6. The van der Waals surface area contributed by atoms with Crippen LogP contribution in [-0.2, 0) is 19.1 Å². The SMILES string of the molecule is CC[C@@H]1[C@H](F)C(=O)N[C@@H]1COc1ncc(C#CC2CCC(CN(C)CCN3CCO[C@H](CCNc4cccc5c4C(=O)N(C4CCC(=O)NC4=O)C5=O)C3)CC2)c2cc(C(N)=O)c(OC)cc12. The number of carbonyl (C=O) groups excluding carboxylic acids is 6. The normalized spacial score (nSPS) is 25.4. The van der Waals surface area contributed by atoms with Gasteiger partial charge in [-0.25, -0.2) is 9.37 Å². The van der Waals surface area contributed by atoms with E-state index in [4.69, 9.17) is 19.9 Å². The molecule has 17 nitrogen and oxygen atoms in total. The van der Waals surface area contributed by atoms with Crippen molar-refractivity contribution in [2.45, 2.75) is 82.6 Å². The van der Waals surface area contributed by atoms with Crippen molar-refractivity contribution in [1.29, 1.82) is 0 Å². The van der Waals surface area contributed by atoms with Crippen LogP contribution in [-0.4, -0.2) is 146 Å². The number of morpholine rings is 1. The molecule has 0 spiro atoms. The first kappa shape index (κ1) is 47.3. The van der Waals surface area contributed by atoms with Crippen molar-refractivity contribution >= 4 is 51.9 Å². The number of pyridine rings is 1. The minimum absolute atomic E-state index is 0.00212. The number of alkyl halides is 1. The molecule has 67 heavy (non-hydrogen) atoms. The number of halogens is 1. The Morgan fingerprint density at radius 1 is 1.07 bits per heavy atom. The highest BCUT2D eigenvalue weighted by molar-refractivity contribution is 6.25. The summed E-state index contributed by atoms with van der Waals surface area (Å²) >= 11 is 0. The molecule has 3 saturated heterocycles. The van der Waals surface area contributed by atoms with E-state index in [9.17, 15) is 33.2 Å². The minimum atomic E-state index is -1.59. The molecule has 5 atom stereocenters. The molecule has 1 saturated carbocycles. The Hall–Kier alpha value is -6.16. The summed E-state index contributed by atoms with van der Waals surface area (Å²) in [6.07, 6.45) is 5.40. The number of ether oxygens (including phenoxy) is 3. The zero-order valence-electron chi connectivity index (χ0n) is 38.2. The molecule has 6 amide bonds. The summed E-state index contributed by atoms with van der Waals surface area (Å²) in [4.78, 5) is 85.7. The zero-order chi connectivity index (χ0) is 47.4. The molecule has 0 bridgehead atoms. The van der Waals surface area contributed by atoms with Crippen LogP contribution in [0.25, 0.3) is 10.8 Å². The fraction of sp³-hybridized carbons (Fsp3) is 0.531. The predicted molar refractivity (Wildman–Crippen MR) is 245 cm³/mol. The number of fused-ring (bicyclic) bond motifs is 2. The van der Waals surface area contributed by atoms with Crippen molar-refractivity contribution < 1.29 is 47.4 Å². The van der Waals surface area contributed by atoms with E-state index in [1.807, 2.05) is 6.92 Å². The van der Waals surface area contributed by atoms with Gasteiger partial charge < -0.3 is 35.5 Å². The Morgan fingerprint density at radius 2 is 1.88 bits per heavy atom. The number of nitrogens with one attached hydrogen (secondary N) is 3. The highest BCUT2D eigenvalue weighted by atomic mass is 19.1. The first-order valence-corrected chi connectivity index (χ1v) is 23.3. The molecule has 5 heterocycles. The highest BCUT2D eigenvalue weighted by Gasteiger charge is 2.46. The maximum absolute atomic E-state index is 14.5. The summed E-state index contributed by atoms with van der Waals surface area (Å²) in [7, 11) is 3.62. The Kier molecular flexibility index (Phi) is 14.7. The van der Waals surface area contributed by atoms with E-state index in [0.717, 1.165) is 63.3 Å². The number of likely N-dealkylation sites (N-methyl/N-ethyl adjacent to an activating group) is 1. The van der Waals surface area contributed by atoms with Gasteiger partial charge in [0.15, 0.2) is 6.17 Å². The molecule has 8 rings (SSSR count). The van der Waals surface area contributed by atoms with Crippen molar-refractivity contribution in [3.63, 3.8) is 0 Å². The van der Waals surface area contributed by atoms with Crippen LogP contribution >= 0.6 is 0 Å². The summed E-state index contributed by atoms with van der Waals surface area (Å²) < 4.78 is 32.1. The predicted octanol–water partition coefficient (Wildman–Crippen LogP) is 3.28. The van der Waals surface area contributed by atoms with E-state index >= 15 is 0 Å². The number of benzene rings is 2. The molecule has 3 aromatic rings. The van der Waals surface area contributed by atoms with Gasteiger partial charge in [0.2, 0.25) is 17.7 Å². The third kappa shape index (κ3) is 10.4. The number of piperidine rings is 1. The number of methoxy groups -OCH3 is 1. The van der Waals surface area contributed by atoms with Crippen LogP contribution < -0.4 is 31.2 Å². The number of primary amides is 1. The summed E-state index contributed by atoms with van der Waals surface area (Å²) in [6.45, 7) is 7.46. The Morgan fingerprint density at radius 3 is 2.63 bits per heavy atom. The summed E-state index contributed by atoms with van der Waals surface area (Å²) in [5.41, 5.74) is 7.56. The Bertz CT molecular complexity index is 2480. The van der Waals surface area contributed by atoms with Crippen LogP contribution in [0.4, 0.5) is 10.1 Å². The molecule has 18 heteroatoms. The van der Waals surface area contributed by atoms with Gasteiger partial charge in [0, 0.05) is 80.2 Å². The van der Waals surface area contributed by atoms with Crippen LogP contribution in [0.1, 0.15) is 94.9 Å². The third-order valence-electron chi connectivity index (χ3n) is 13.9. The van der Waals surface area contributed by atoms with Crippen LogP contribution in [0.5, 0.6) is 11.6 Å². The molecule has 1 aliphatic carbocycles. The monoisotopic (exact) mass is 922 g/mol. The number of hydrogen-bond acceptors (Lipinski definition) is 13. The summed E-state index contributed by atoms with van der Waals surface area (Å²) in [5, 5.41) is 9.45. The fourth-order valence-electron chi connectivity index (χ4n) is 10.1. The standard InChI is InChI=1S/C49H59FN8O9/c1-4-32-38(54-46(62)43(32)50)27-67-47-35-23-40(65-3)36(44(51)60)22-34(35)30(24-53-47)13-12-28-8-10-29(11-9-28)25-56(2)18-19-57-20-21-66-31(26-57)16-17-52-37-7-5-6-33-42(37)49(64)58(48(33)63)39-14-15-41(59)55-45(39)61/h5-7,22-24,28-29,31-32,38-39,43,52H,4,8-11,14-21,25-27H2,1-3H3,(H2,51,60)(H,54,62)(H,55,59,61)/t28?,29?,31-,32+,38-,39?,43+/m1/s1. The molecule has 5 aliphatic rings. The van der Waals surface area contributed by atoms with E-state index in [1.165, 1.54) is 7.11 Å². The molecular weight excluding hydrogens is 864 g/mol. The van der Waals surface area contributed by atoms with Gasteiger partial charge in [0.05, 0.1) is 48.1 Å². The van der Waals surface area contributed by atoms with Crippen LogP contribution in [0.2, 0.25) is 0 Å². The number of nitrogens with two attached hydrogens (primary N) is 1. The Labute approximate surface area is 389 Å². The van der Waals surface area contributed by atoms with Crippen LogP contribution in [0.3, 0.4) is 0 Å². The van der Waals surface area contributed by atoms with Crippen molar-refractivity contribution in [2.75, 3.05) is 72.0 Å². The molecule has 2 aromatic carbocycles. The quantitative estimate of drug-likeness (QED) is 0.120. The van der Waals surface area contributed by atoms with Crippen LogP contribution in [0.15, 0.2) is 36.5 Å². The number of anilines is 1. The van der Waals surface area contributed by atoms with Gasteiger partial charge in [0.25, 0.3) is 23.6 Å². The largest absolute Gasteiger partial charge is 0.496 e. The van der Waals surface area contributed by atoms with Crippen molar-refractivity contribution in [3.05, 3.63) is 58.8 Å². The third-order valence-corrected chi connectivity index (χ3v) is 13.9. The van der Waals surface area contributed by atoms with E-state index in [-0.39, 0.29) is 59.8 Å². The number of nitrogens with zero attached hydrogens (tertiary/aromatic N) is 4. The smallest absolute Gasteiger partial charge is 0.264 e. The second-order valence-electron chi connectivity index (χ2n) is 18.3. The lowest BCUT2D eigenvalue weighted by Crippen LogP contribution is -2.54. The van der Waals surface area contributed by atoms with Gasteiger partial charge in [-0.2, -0.15) is 0 Å². The highest BCUT2D eigenvalue weighted by Crippen LogP contribution is 2.36. The average Bonchev–Trinajstić information content (AvgIpc) is 3.75.